The Bertz CT molecular complexity index is 536. The summed E-state index contributed by atoms with van der Waals surface area (Å²) < 4.78 is 34.5. The second kappa shape index (κ2) is 6.32. The molecule has 106 valence electrons. The quantitative estimate of drug-likeness (QED) is 0.783. The van der Waals surface area contributed by atoms with Gasteiger partial charge in [0.1, 0.15) is 0 Å². The molecule has 1 N–H and O–H groups in total. The highest BCUT2D eigenvalue weighted by molar-refractivity contribution is 7.90. The van der Waals surface area contributed by atoms with Gasteiger partial charge in [-0.25, -0.2) is 13.1 Å². The van der Waals surface area contributed by atoms with Crippen LogP contribution in [0.25, 0.3) is 0 Å². The summed E-state index contributed by atoms with van der Waals surface area (Å²) in [6.07, 6.45) is 0.394. The largest absolute Gasteiger partial charge is 0.481 e. The summed E-state index contributed by atoms with van der Waals surface area (Å²) in [5.74, 6) is -1.21. The molecule has 19 heavy (non-hydrogen) atoms. The fraction of sp³-hybridized carbons (Fsp3) is 0.500. The maximum absolute atomic E-state index is 11.7. The van der Waals surface area contributed by atoms with Crippen LogP contribution in [0, 0.1) is 0 Å². The number of hydrogen-bond donors (Lipinski definition) is 1. The molecule has 0 spiro atoms. The molecule has 0 aromatic carbocycles. The van der Waals surface area contributed by atoms with Crippen molar-refractivity contribution in [2.24, 2.45) is 0 Å². The van der Waals surface area contributed by atoms with Crippen molar-refractivity contribution in [1.29, 1.82) is 0 Å². The highest BCUT2D eigenvalue weighted by atomic mass is 32.2. The number of nitrogens with zero attached hydrogens (tertiary/aromatic N) is 2. The van der Waals surface area contributed by atoms with Gasteiger partial charge in [0, 0.05) is 0 Å². The van der Waals surface area contributed by atoms with Gasteiger partial charge in [0.25, 0.3) is 0 Å². The molecule has 9 heteroatoms. The van der Waals surface area contributed by atoms with Crippen molar-refractivity contribution >= 4 is 15.9 Å². The number of sulfonamides is 1. The predicted molar refractivity (Wildman–Crippen MR) is 66.7 cm³/mol. The molecule has 0 bridgehead atoms. The highest BCUT2D eigenvalue weighted by Crippen LogP contribution is 2.14. The van der Waals surface area contributed by atoms with Crippen LogP contribution in [-0.2, 0) is 10.0 Å². The Hall–Kier alpha value is -1.90. The van der Waals surface area contributed by atoms with E-state index in [2.05, 4.69) is 9.97 Å². The van der Waals surface area contributed by atoms with Gasteiger partial charge in [0.05, 0.1) is 26.0 Å². The third-order valence-electron chi connectivity index (χ3n) is 2.02. The molecular weight excluding hydrogens is 274 g/mol. The molecule has 8 nitrogen and oxygen atoms in total. The minimum absolute atomic E-state index is 0.102. The summed E-state index contributed by atoms with van der Waals surface area (Å²) >= 11 is 0. The first-order valence-corrected chi connectivity index (χ1v) is 7.09. The minimum Gasteiger partial charge on any atom is -0.481 e. The van der Waals surface area contributed by atoms with Gasteiger partial charge in [-0.05, 0) is 6.42 Å². The molecule has 0 atom stereocenters. The molecule has 0 fully saturated rings. The maximum Gasteiger partial charge on any atom is 0.302 e. The molecule has 0 saturated carbocycles. The van der Waals surface area contributed by atoms with Crippen molar-refractivity contribution in [2.75, 3.05) is 20.0 Å². The fourth-order valence-electron chi connectivity index (χ4n) is 1.22. The number of carbonyl (C=O) groups excluding carboxylic acids is 1. The Balaban J connectivity index is 2.99. The molecule has 0 aliphatic heterocycles. The van der Waals surface area contributed by atoms with Crippen molar-refractivity contribution in [3.8, 4) is 11.8 Å². The van der Waals surface area contributed by atoms with E-state index in [-0.39, 0.29) is 23.3 Å². The van der Waals surface area contributed by atoms with Gasteiger partial charge in [-0.3, -0.25) is 4.79 Å². The summed E-state index contributed by atoms with van der Waals surface area (Å²) in [5, 5.41) is 0. The van der Waals surface area contributed by atoms with Gasteiger partial charge in [0.15, 0.2) is 0 Å². The number of nitrogens with one attached hydrogen (secondary N) is 1. The van der Waals surface area contributed by atoms with Gasteiger partial charge in [0.2, 0.25) is 27.6 Å². The fourth-order valence-corrected chi connectivity index (χ4v) is 2.23. The number of rotatable bonds is 6. The molecule has 0 unspecified atom stereocenters. The van der Waals surface area contributed by atoms with Crippen LogP contribution in [0.3, 0.4) is 0 Å². The standard InChI is InChI=1S/C10H15N3O5S/c1-4-5-19(15,16)13-10(14)9-11-7(17-2)6-8(12-9)18-3/h6H,4-5H2,1-3H3,(H,13,14). The number of carbonyl (C=O) groups is 1. The Morgan fingerprint density at radius 2 is 1.79 bits per heavy atom. The van der Waals surface area contributed by atoms with E-state index in [4.69, 9.17) is 9.47 Å². The van der Waals surface area contributed by atoms with Crippen molar-refractivity contribution in [3.63, 3.8) is 0 Å². The number of ether oxygens (including phenoxy) is 2. The van der Waals surface area contributed by atoms with E-state index in [1.54, 1.807) is 6.92 Å². The normalized spacial score (nSPS) is 10.9. The topological polar surface area (TPSA) is 107 Å². The third-order valence-corrected chi connectivity index (χ3v) is 3.46. The summed E-state index contributed by atoms with van der Waals surface area (Å²) in [7, 11) is -0.963. The summed E-state index contributed by atoms with van der Waals surface area (Å²) in [5.41, 5.74) is 0. The first kappa shape index (κ1) is 15.2. The molecule has 0 aliphatic carbocycles. The van der Waals surface area contributed by atoms with Gasteiger partial charge >= 0.3 is 5.91 Å². The van der Waals surface area contributed by atoms with Crippen LogP contribution in [0.4, 0.5) is 0 Å². The first-order valence-electron chi connectivity index (χ1n) is 5.43. The van der Waals surface area contributed by atoms with E-state index < -0.39 is 15.9 Å². The monoisotopic (exact) mass is 289 g/mol. The van der Waals surface area contributed by atoms with Gasteiger partial charge in [-0.1, -0.05) is 6.92 Å². The molecule has 1 rings (SSSR count). The lowest BCUT2D eigenvalue weighted by molar-refractivity contribution is 0.0969. The number of methoxy groups -OCH3 is 2. The van der Waals surface area contributed by atoms with Crippen molar-refractivity contribution in [1.82, 2.24) is 14.7 Å². The smallest absolute Gasteiger partial charge is 0.302 e. The van der Waals surface area contributed by atoms with Crippen LogP contribution in [-0.4, -0.2) is 44.3 Å². The maximum atomic E-state index is 11.7. The average molecular weight is 289 g/mol. The molecule has 0 radical (unpaired) electrons. The Morgan fingerprint density at radius 3 is 2.21 bits per heavy atom. The van der Waals surface area contributed by atoms with Crippen molar-refractivity contribution in [2.45, 2.75) is 13.3 Å². The lowest BCUT2D eigenvalue weighted by atomic mass is 10.5. The zero-order valence-corrected chi connectivity index (χ0v) is 11.7. The van der Waals surface area contributed by atoms with E-state index in [0.717, 1.165) is 0 Å². The van der Waals surface area contributed by atoms with E-state index in [1.165, 1.54) is 20.3 Å². The zero-order valence-electron chi connectivity index (χ0n) is 10.8. The van der Waals surface area contributed by atoms with Crippen LogP contribution < -0.4 is 14.2 Å². The molecule has 0 aliphatic rings. The van der Waals surface area contributed by atoms with Crippen LogP contribution in [0.2, 0.25) is 0 Å². The van der Waals surface area contributed by atoms with Crippen LogP contribution >= 0.6 is 0 Å². The Kier molecular flexibility index (Phi) is 5.04. The van der Waals surface area contributed by atoms with Crippen LogP contribution in [0.15, 0.2) is 6.07 Å². The molecule has 0 saturated heterocycles. The second-order valence-corrected chi connectivity index (χ2v) is 5.37. The Morgan fingerprint density at radius 1 is 1.26 bits per heavy atom. The third kappa shape index (κ3) is 4.36. The van der Waals surface area contributed by atoms with E-state index in [9.17, 15) is 13.2 Å². The first-order chi connectivity index (χ1) is 8.91. The van der Waals surface area contributed by atoms with E-state index in [0.29, 0.717) is 6.42 Å². The van der Waals surface area contributed by atoms with Crippen LogP contribution in [0.5, 0.6) is 11.8 Å². The summed E-state index contributed by atoms with van der Waals surface area (Å²) in [6.45, 7) is 1.69. The van der Waals surface area contributed by atoms with Gasteiger partial charge in [-0.15, -0.1) is 0 Å². The predicted octanol–water partition coefficient (Wildman–Crippen LogP) is -0.0366. The lowest BCUT2D eigenvalue weighted by Crippen LogP contribution is -2.33. The Labute approximate surface area is 111 Å². The number of amides is 1. The average Bonchev–Trinajstić information content (AvgIpc) is 2.37. The van der Waals surface area contributed by atoms with E-state index >= 15 is 0 Å². The molecule has 1 heterocycles. The van der Waals surface area contributed by atoms with Crippen molar-refractivity contribution < 1.29 is 22.7 Å². The molecule has 1 aromatic rings. The number of hydrogen-bond acceptors (Lipinski definition) is 7. The molecule has 1 amide bonds. The van der Waals surface area contributed by atoms with Gasteiger partial charge in [-0.2, -0.15) is 9.97 Å². The van der Waals surface area contributed by atoms with Crippen LogP contribution in [0.1, 0.15) is 24.0 Å². The lowest BCUT2D eigenvalue weighted by Gasteiger charge is -2.07. The summed E-state index contributed by atoms with van der Waals surface area (Å²) in [6, 6.07) is 1.37. The van der Waals surface area contributed by atoms with Gasteiger partial charge < -0.3 is 9.47 Å². The van der Waals surface area contributed by atoms with Crippen molar-refractivity contribution in [3.05, 3.63) is 11.9 Å². The molecule has 1 aromatic heterocycles. The molecular formula is C10H15N3O5S. The SMILES string of the molecule is CCCS(=O)(=O)NC(=O)c1nc(OC)cc(OC)n1. The summed E-state index contributed by atoms with van der Waals surface area (Å²) in [4.78, 5) is 19.3. The number of aromatic nitrogens is 2. The highest BCUT2D eigenvalue weighted by Gasteiger charge is 2.19. The zero-order chi connectivity index (χ0) is 14.5. The second-order valence-electron chi connectivity index (χ2n) is 3.53. The van der Waals surface area contributed by atoms with E-state index in [1.807, 2.05) is 4.72 Å². The minimum atomic E-state index is -3.68.